The number of nitrogens with zero attached hydrogens (tertiary/aromatic N) is 1. The van der Waals surface area contributed by atoms with Crippen molar-refractivity contribution in [3.63, 3.8) is 0 Å². The van der Waals surface area contributed by atoms with Crippen LogP contribution in [0.4, 0.5) is 0 Å². The van der Waals surface area contributed by atoms with E-state index >= 15 is 0 Å². The molecule has 0 fully saturated rings. The fourth-order valence-electron chi connectivity index (χ4n) is 2.19. The first-order valence-electron chi connectivity index (χ1n) is 5.73. The number of aromatic nitrogens is 1. The van der Waals surface area contributed by atoms with Gasteiger partial charge in [-0.15, -0.1) is 11.3 Å². The Balaban J connectivity index is 2.22. The number of hydrogen-bond donors (Lipinski definition) is 1. The predicted octanol–water partition coefficient (Wildman–Crippen LogP) is 1.61. The first-order chi connectivity index (χ1) is 8.75. The summed E-state index contributed by atoms with van der Waals surface area (Å²) >= 11 is 1.41. The van der Waals surface area contributed by atoms with Gasteiger partial charge in [-0.2, -0.15) is 0 Å². The molecule has 0 atom stereocenters. The summed E-state index contributed by atoms with van der Waals surface area (Å²) in [7, 11) is 0. The molecule has 0 saturated carbocycles. The number of carboxylic acids is 1. The van der Waals surface area contributed by atoms with Crippen molar-refractivity contribution >= 4 is 29.0 Å². The zero-order chi connectivity index (χ0) is 12.5. The van der Waals surface area contributed by atoms with Gasteiger partial charge in [0.2, 0.25) is 0 Å². The maximum absolute atomic E-state index is 10.9. The molecule has 0 unspecified atom stereocenters. The number of carboxylic acid groups (broad SMARTS) is 1. The molecule has 4 heteroatoms. The highest BCUT2D eigenvalue weighted by atomic mass is 32.1. The number of carbonyl (C=O) groups is 1. The second-order valence-electron chi connectivity index (χ2n) is 4.15. The van der Waals surface area contributed by atoms with E-state index < -0.39 is 5.97 Å². The smallest absolute Gasteiger partial charge is 0.355 e. The van der Waals surface area contributed by atoms with Crippen molar-refractivity contribution < 1.29 is 9.90 Å². The van der Waals surface area contributed by atoms with Crippen molar-refractivity contribution in [2.24, 2.45) is 0 Å². The minimum absolute atomic E-state index is 0.134. The summed E-state index contributed by atoms with van der Waals surface area (Å²) in [6.45, 7) is 0. The van der Waals surface area contributed by atoms with Crippen LogP contribution < -0.4 is 10.4 Å². The van der Waals surface area contributed by atoms with E-state index in [0.29, 0.717) is 0 Å². The molecule has 0 radical (unpaired) electrons. The summed E-state index contributed by atoms with van der Waals surface area (Å²) in [6.07, 6.45) is 4.11. The van der Waals surface area contributed by atoms with Crippen molar-refractivity contribution in [1.29, 1.82) is 0 Å². The summed E-state index contributed by atoms with van der Waals surface area (Å²) in [4.78, 5) is 15.1. The standard InChI is InChI=1S/C14H11NO2S/c16-14(17)12-8-18-13(15-12)11-7-3-5-9-4-1-2-6-10(9)11/h1-2,4-6,8H,3,7H2,(H,16,17). The van der Waals surface area contributed by atoms with E-state index in [4.69, 9.17) is 5.11 Å². The molecular weight excluding hydrogens is 246 g/mol. The lowest BCUT2D eigenvalue weighted by Crippen LogP contribution is -2.29. The molecular formula is C14H11NO2S. The van der Waals surface area contributed by atoms with E-state index in [1.807, 2.05) is 12.1 Å². The third-order valence-electron chi connectivity index (χ3n) is 3.03. The molecule has 3 rings (SSSR count). The Morgan fingerprint density at radius 3 is 2.94 bits per heavy atom. The molecule has 1 aromatic carbocycles. The second kappa shape index (κ2) is 4.38. The fourth-order valence-corrected chi connectivity index (χ4v) is 3.07. The second-order valence-corrected chi connectivity index (χ2v) is 5.01. The molecule has 1 aliphatic rings. The van der Waals surface area contributed by atoms with Crippen LogP contribution in [0.5, 0.6) is 0 Å². The van der Waals surface area contributed by atoms with Gasteiger partial charge in [-0.1, -0.05) is 30.3 Å². The highest BCUT2D eigenvalue weighted by molar-refractivity contribution is 7.11. The molecule has 18 heavy (non-hydrogen) atoms. The normalized spacial score (nSPS) is 13.9. The van der Waals surface area contributed by atoms with Gasteiger partial charge in [-0.05, 0) is 28.9 Å². The highest BCUT2D eigenvalue weighted by Gasteiger charge is 2.13. The van der Waals surface area contributed by atoms with Crippen LogP contribution in [-0.2, 0) is 0 Å². The van der Waals surface area contributed by atoms with Crippen LogP contribution in [0.3, 0.4) is 0 Å². The first kappa shape index (κ1) is 11.2. The Kier molecular flexibility index (Phi) is 2.72. The van der Waals surface area contributed by atoms with Crippen molar-refractivity contribution in [2.45, 2.75) is 12.8 Å². The Morgan fingerprint density at radius 1 is 1.33 bits per heavy atom. The van der Waals surface area contributed by atoms with Crippen molar-refractivity contribution in [3.8, 4) is 0 Å². The van der Waals surface area contributed by atoms with Crippen molar-refractivity contribution in [2.75, 3.05) is 0 Å². The van der Waals surface area contributed by atoms with Crippen LogP contribution in [0.15, 0.2) is 29.6 Å². The van der Waals surface area contributed by atoms with Crippen LogP contribution in [0, 0.1) is 0 Å². The average Bonchev–Trinajstić information content (AvgIpc) is 2.87. The molecule has 1 heterocycles. The summed E-state index contributed by atoms with van der Waals surface area (Å²) < 4.78 is 0. The molecule has 0 aliphatic heterocycles. The average molecular weight is 257 g/mol. The van der Waals surface area contributed by atoms with Gasteiger partial charge in [0.05, 0.1) is 0 Å². The monoisotopic (exact) mass is 257 g/mol. The number of thiazole rings is 1. The van der Waals surface area contributed by atoms with Gasteiger partial charge in [-0.3, -0.25) is 0 Å². The number of fused-ring (bicyclic) bond motifs is 1. The van der Waals surface area contributed by atoms with Crippen molar-refractivity contribution in [3.05, 3.63) is 50.8 Å². The van der Waals surface area contributed by atoms with Crippen LogP contribution in [-0.4, -0.2) is 16.1 Å². The zero-order valence-electron chi connectivity index (χ0n) is 9.59. The summed E-state index contributed by atoms with van der Waals surface area (Å²) in [5, 5.41) is 13.7. The molecule has 1 aliphatic carbocycles. The van der Waals surface area contributed by atoms with Crippen LogP contribution >= 0.6 is 11.3 Å². The summed E-state index contributed by atoms with van der Waals surface area (Å²) in [6, 6.07) is 8.18. The van der Waals surface area contributed by atoms with Crippen LogP contribution in [0.2, 0.25) is 0 Å². The summed E-state index contributed by atoms with van der Waals surface area (Å²) in [5.74, 6) is -0.964. The van der Waals surface area contributed by atoms with E-state index in [1.165, 1.54) is 21.8 Å². The molecule has 3 nitrogen and oxygen atoms in total. The van der Waals surface area contributed by atoms with Gasteiger partial charge < -0.3 is 5.11 Å². The maximum atomic E-state index is 10.9. The SMILES string of the molecule is O=C(O)c1csc(C2=c3ccccc3=CCC2)n1. The first-order valence-corrected chi connectivity index (χ1v) is 6.61. The molecule has 1 aromatic heterocycles. The number of rotatable bonds is 2. The van der Waals surface area contributed by atoms with E-state index in [0.717, 1.165) is 23.4 Å². The minimum Gasteiger partial charge on any atom is -0.476 e. The molecule has 0 bridgehead atoms. The topological polar surface area (TPSA) is 50.2 Å². The lowest BCUT2D eigenvalue weighted by molar-refractivity contribution is 0.0691. The van der Waals surface area contributed by atoms with E-state index in [-0.39, 0.29) is 5.69 Å². The Morgan fingerprint density at radius 2 is 2.17 bits per heavy atom. The molecule has 0 spiro atoms. The largest absolute Gasteiger partial charge is 0.476 e. The highest BCUT2D eigenvalue weighted by Crippen LogP contribution is 2.22. The van der Waals surface area contributed by atoms with Crippen LogP contribution in [0.1, 0.15) is 28.3 Å². The molecule has 0 saturated heterocycles. The lowest BCUT2D eigenvalue weighted by Gasteiger charge is -2.08. The zero-order valence-corrected chi connectivity index (χ0v) is 10.4. The third kappa shape index (κ3) is 1.84. The van der Waals surface area contributed by atoms with Crippen LogP contribution in [0.25, 0.3) is 11.6 Å². The van der Waals surface area contributed by atoms with E-state index in [9.17, 15) is 4.79 Å². The van der Waals surface area contributed by atoms with Gasteiger partial charge in [0.15, 0.2) is 5.69 Å². The maximum Gasteiger partial charge on any atom is 0.355 e. The Labute approximate surface area is 108 Å². The third-order valence-corrected chi connectivity index (χ3v) is 3.93. The van der Waals surface area contributed by atoms with Gasteiger partial charge >= 0.3 is 5.97 Å². The Hall–Kier alpha value is -1.94. The van der Waals surface area contributed by atoms with E-state index in [2.05, 4.69) is 23.2 Å². The molecule has 2 aromatic rings. The molecule has 1 N–H and O–H groups in total. The summed E-state index contributed by atoms with van der Waals surface area (Å²) in [5.41, 5.74) is 1.29. The quantitative estimate of drug-likeness (QED) is 0.889. The Bertz CT molecular complexity index is 730. The van der Waals surface area contributed by atoms with Gasteiger partial charge in [0, 0.05) is 5.38 Å². The van der Waals surface area contributed by atoms with Gasteiger partial charge in [0.25, 0.3) is 0 Å². The molecule has 90 valence electrons. The number of aromatic carboxylic acids is 1. The lowest BCUT2D eigenvalue weighted by atomic mass is 10.0. The molecule has 0 amide bonds. The predicted molar refractivity (Wildman–Crippen MR) is 71.0 cm³/mol. The minimum atomic E-state index is -0.964. The number of hydrogen-bond acceptors (Lipinski definition) is 3. The van der Waals surface area contributed by atoms with Crippen molar-refractivity contribution in [1.82, 2.24) is 4.98 Å². The number of benzene rings is 1. The van der Waals surface area contributed by atoms with E-state index in [1.54, 1.807) is 5.38 Å². The van der Waals surface area contributed by atoms with Gasteiger partial charge in [-0.25, -0.2) is 9.78 Å². The fraction of sp³-hybridized carbons (Fsp3) is 0.143. The van der Waals surface area contributed by atoms with Gasteiger partial charge in [0.1, 0.15) is 5.01 Å².